The Balaban J connectivity index is 2.18. The SMILES string of the molecule is CN(c1cc([N+](=O)[O-])ccn1)C1CCNC1. The number of anilines is 1. The Bertz CT molecular complexity index is 390. The summed E-state index contributed by atoms with van der Waals surface area (Å²) in [7, 11) is 1.92. The van der Waals surface area contributed by atoms with Gasteiger partial charge in [-0.15, -0.1) is 0 Å². The summed E-state index contributed by atoms with van der Waals surface area (Å²) in [5, 5.41) is 13.9. The van der Waals surface area contributed by atoms with E-state index in [0.717, 1.165) is 19.5 Å². The van der Waals surface area contributed by atoms with E-state index in [1.807, 2.05) is 11.9 Å². The van der Waals surface area contributed by atoms with Crippen molar-refractivity contribution in [2.45, 2.75) is 12.5 Å². The zero-order chi connectivity index (χ0) is 11.5. The molecular formula is C10H14N4O2. The molecule has 0 aliphatic carbocycles. The summed E-state index contributed by atoms with van der Waals surface area (Å²) < 4.78 is 0. The molecule has 1 unspecified atom stereocenters. The minimum Gasteiger partial charge on any atom is -0.355 e. The third kappa shape index (κ3) is 2.11. The van der Waals surface area contributed by atoms with Gasteiger partial charge in [0.15, 0.2) is 0 Å². The first kappa shape index (κ1) is 10.8. The van der Waals surface area contributed by atoms with Gasteiger partial charge in [-0.25, -0.2) is 4.98 Å². The number of pyridine rings is 1. The second-order valence-corrected chi connectivity index (χ2v) is 3.89. The van der Waals surface area contributed by atoms with E-state index in [4.69, 9.17) is 0 Å². The summed E-state index contributed by atoms with van der Waals surface area (Å²) in [5.74, 6) is 0.655. The summed E-state index contributed by atoms with van der Waals surface area (Å²) in [6, 6.07) is 3.29. The van der Waals surface area contributed by atoms with E-state index in [2.05, 4.69) is 10.3 Å². The van der Waals surface area contributed by atoms with Crippen LogP contribution < -0.4 is 10.2 Å². The van der Waals surface area contributed by atoms with E-state index in [1.54, 1.807) is 0 Å². The summed E-state index contributed by atoms with van der Waals surface area (Å²) in [6.07, 6.45) is 2.52. The van der Waals surface area contributed by atoms with Crippen molar-refractivity contribution in [3.63, 3.8) is 0 Å². The van der Waals surface area contributed by atoms with Crippen LogP contribution in [0, 0.1) is 10.1 Å². The normalized spacial score (nSPS) is 19.7. The Labute approximate surface area is 93.4 Å². The number of likely N-dealkylation sites (N-methyl/N-ethyl adjacent to an activating group) is 1. The van der Waals surface area contributed by atoms with Crippen LogP contribution in [0.4, 0.5) is 11.5 Å². The summed E-state index contributed by atoms with van der Waals surface area (Å²) in [4.78, 5) is 16.4. The van der Waals surface area contributed by atoms with Crippen molar-refractivity contribution in [1.29, 1.82) is 0 Å². The van der Waals surface area contributed by atoms with E-state index in [1.165, 1.54) is 18.3 Å². The van der Waals surface area contributed by atoms with Crippen LogP contribution in [0.2, 0.25) is 0 Å². The highest BCUT2D eigenvalue weighted by atomic mass is 16.6. The fourth-order valence-electron chi connectivity index (χ4n) is 1.87. The van der Waals surface area contributed by atoms with Crippen molar-refractivity contribution < 1.29 is 4.92 Å². The molecule has 1 saturated heterocycles. The number of nitrogens with zero attached hydrogens (tertiary/aromatic N) is 3. The van der Waals surface area contributed by atoms with Crippen molar-refractivity contribution in [3.8, 4) is 0 Å². The Morgan fingerprint density at radius 2 is 2.50 bits per heavy atom. The first-order valence-electron chi connectivity index (χ1n) is 5.22. The average molecular weight is 222 g/mol. The standard InChI is InChI=1S/C10H14N4O2/c1-13(9-2-4-11-7-9)10-6-8(14(15)16)3-5-12-10/h3,5-6,9,11H,2,4,7H2,1H3. The molecule has 1 aromatic heterocycles. The van der Waals surface area contributed by atoms with Gasteiger partial charge in [0.25, 0.3) is 5.69 Å². The molecule has 1 atom stereocenters. The van der Waals surface area contributed by atoms with Crippen LogP contribution in [-0.2, 0) is 0 Å². The molecule has 6 nitrogen and oxygen atoms in total. The van der Waals surface area contributed by atoms with Gasteiger partial charge in [0.1, 0.15) is 5.82 Å². The number of nitro groups is 1. The van der Waals surface area contributed by atoms with Gasteiger partial charge in [-0.2, -0.15) is 0 Å². The quantitative estimate of drug-likeness (QED) is 0.604. The van der Waals surface area contributed by atoms with E-state index >= 15 is 0 Å². The molecule has 1 aliphatic heterocycles. The van der Waals surface area contributed by atoms with Gasteiger partial charge in [-0.3, -0.25) is 10.1 Å². The molecule has 0 bridgehead atoms. The van der Waals surface area contributed by atoms with Gasteiger partial charge in [0.05, 0.1) is 11.0 Å². The number of nitrogens with one attached hydrogen (secondary N) is 1. The molecule has 0 saturated carbocycles. The van der Waals surface area contributed by atoms with Crippen molar-refractivity contribution in [2.24, 2.45) is 0 Å². The van der Waals surface area contributed by atoms with Crippen LogP contribution in [0.3, 0.4) is 0 Å². The zero-order valence-electron chi connectivity index (χ0n) is 9.09. The van der Waals surface area contributed by atoms with E-state index < -0.39 is 4.92 Å². The summed E-state index contributed by atoms with van der Waals surface area (Å²) in [5.41, 5.74) is 0.0859. The minimum atomic E-state index is -0.397. The average Bonchev–Trinajstić information content (AvgIpc) is 2.81. The Hall–Kier alpha value is -1.69. The molecule has 1 N–H and O–H groups in total. The fraction of sp³-hybridized carbons (Fsp3) is 0.500. The lowest BCUT2D eigenvalue weighted by Crippen LogP contribution is -2.33. The molecule has 16 heavy (non-hydrogen) atoms. The van der Waals surface area contributed by atoms with Gasteiger partial charge in [-0.05, 0) is 13.0 Å². The lowest BCUT2D eigenvalue weighted by atomic mass is 10.2. The molecule has 0 radical (unpaired) electrons. The van der Waals surface area contributed by atoms with Crippen molar-refractivity contribution in [3.05, 3.63) is 28.4 Å². The van der Waals surface area contributed by atoms with Crippen LogP contribution in [-0.4, -0.2) is 36.1 Å². The third-order valence-electron chi connectivity index (χ3n) is 2.88. The molecule has 6 heteroatoms. The largest absolute Gasteiger partial charge is 0.355 e. The molecule has 0 amide bonds. The minimum absolute atomic E-state index is 0.0859. The molecule has 0 aromatic carbocycles. The number of aromatic nitrogens is 1. The van der Waals surface area contributed by atoms with Crippen LogP contribution in [0.25, 0.3) is 0 Å². The molecule has 0 spiro atoms. The van der Waals surface area contributed by atoms with Gasteiger partial charge < -0.3 is 10.2 Å². The van der Waals surface area contributed by atoms with Gasteiger partial charge in [-0.1, -0.05) is 0 Å². The highest BCUT2D eigenvalue weighted by Crippen LogP contribution is 2.20. The highest BCUT2D eigenvalue weighted by Gasteiger charge is 2.21. The van der Waals surface area contributed by atoms with Crippen LogP contribution in [0.5, 0.6) is 0 Å². The summed E-state index contributed by atoms with van der Waals surface area (Å²) in [6.45, 7) is 1.89. The maximum Gasteiger partial charge on any atom is 0.274 e. The smallest absolute Gasteiger partial charge is 0.274 e. The second kappa shape index (κ2) is 4.44. The highest BCUT2D eigenvalue weighted by molar-refractivity contribution is 5.47. The topological polar surface area (TPSA) is 71.3 Å². The first-order chi connectivity index (χ1) is 7.68. The fourth-order valence-corrected chi connectivity index (χ4v) is 1.87. The van der Waals surface area contributed by atoms with E-state index in [9.17, 15) is 10.1 Å². The molecular weight excluding hydrogens is 208 g/mol. The Morgan fingerprint density at radius 3 is 3.12 bits per heavy atom. The lowest BCUT2D eigenvalue weighted by molar-refractivity contribution is -0.384. The monoisotopic (exact) mass is 222 g/mol. The molecule has 1 aromatic rings. The predicted octanol–water partition coefficient (Wildman–Crippen LogP) is 0.788. The Kier molecular flexibility index (Phi) is 3.00. The third-order valence-corrected chi connectivity index (χ3v) is 2.88. The van der Waals surface area contributed by atoms with Crippen LogP contribution in [0.1, 0.15) is 6.42 Å². The van der Waals surface area contributed by atoms with E-state index in [-0.39, 0.29) is 5.69 Å². The zero-order valence-corrected chi connectivity index (χ0v) is 9.09. The van der Waals surface area contributed by atoms with E-state index in [0.29, 0.717) is 11.9 Å². The van der Waals surface area contributed by atoms with Gasteiger partial charge in [0.2, 0.25) is 0 Å². The molecule has 1 aliphatic rings. The van der Waals surface area contributed by atoms with Crippen molar-refractivity contribution in [1.82, 2.24) is 10.3 Å². The van der Waals surface area contributed by atoms with Crippen molar-refractivity contribution in [2.75, 3.05) is 25.0 Å². The summed E-state index contributed by atoms with van der Waals surface area (Å²) >= 11 is 0. The van der Waals surface area contributed by atoms with Crippen LogP contribution in [0.15, 0.2) is 18.3 Å². The Morgan fingerprint density at radius 1 is 1.69 bits per heavy atom. The maximum absolute atomic E-state index is 10.6. The second-order valence-electron chi connectivity index (χ2n) is 3.89. The number of hydrogen-bond acceptors (Lipinski definition) is 5. The number of hydrogen-bond donors (Lipinski definition) is 1. The number of rotatable bonds is 3. The first-order valence-corrected chi connectivity index (χ1v) is 5.22. The molecule has 2 rings (SSSR count). The lowest BCUT2D eigenvalue weighted by Gasteiger charge is -2.24. The molecule has 1 fully saturated rings. The van der Waals surface area contributed by atoms with Gasteiger partial charge in [0, 0.05) is 31.9 Å². The molecule has 2 heterocycles. The van der Waals surface area contributed by atoms with Crippen LogP contribution >= 0.6 is 0 Å². The predicted molar refractivity (Wildman–Crippen MR) is 60.6 cm³/mol. The van der Waals surface area contributed by atoms with Crippen molar-refractivity contribution >= 4 is 11.5 Å². The van der Waals surface area contributed by atoms with Gasteiger partial charge >= 0.3 is 0 Å². The molecule has 86 valence electrons. The maximum atomic E-state index is 10.6.